The lowest BCUT2D eigenvalue weighted by Gasteiger charge is -2.13. The summed E-state index contributed by atoms with van der Waals surface area (Å²) >= 11 is 0. The van der Waals surface area contributed by atoms with Crippen LogP contribution in [0.1, 0.15) is 39.1 Å². The molecule has 0 amide bonds. The number of hydrogen-bond acceptors (Lipinski definition) is 4. The molecule has 4 heteroatoms. The maximum Gasteiger partial charge on any atom is 0.134 e. The average molecular weight is 262 g/mol. The molecule has 0 unspecified atom stereocenters. The molecule has 0 atom stereocenters. The Labute approximate surface area is 116 Å². The molecule has 1 aromatic heterocycles. The number of nitrogens with one attached hydrogen (secondary N) is 2. The van der Waals surface area contributed by atoms with Crippen molar-refractivity contribution < 1.29 is 0 Å². The van der Waals surface area contributed by atoms with Gasteiger partial charge in [-0.15, -0.1) is 0 Å². The van der Waals surface area contributed by atoms with Gasteiger partial charge in [-0.1, -0.05) is 27.7 Å². The van der Waals surface area contributed by atoms with Gasteiger partial charge in [0.2, 0.25) is 0 Å². The van der Waals surface area contributed by atoms with Gasteiger partial charge in [0.1, 0.15) is 17.5 Å². The van der Waals surface area contributed by atoms with Crippen LogP contribution < -0.4 is 10.6 Å². The summed E-state index contributed by atoms with van der Waals surface area (Å²) < 4.78 is 0. The van der Waals surface area contributed by atoms with Crippen LogP contribution in [-0.4, -0.2) is 23.6 Å². The molecule has 19 heavy (non-hydrogen) atoms. The first kappa shape index (κ1) is 14.1. The number of nitrogens with zero attached hydrogens (tertiary/aromatic N) is 2. The van der Waals surface area contributed by atoms with Gasteiger partial charge in [-0.05, 0) is 30.6 Å². The van der Waals surface area contributed by atoms with Gasteiger partial charge < -0.3 is 10.6 Å². The molecule has 0 aliphatic heterocycles. The summed E-state index contributed by atoms with van der Waals surface area (Å²) in [6.45, 7) is 14.3. The second kappa shape index (κ2) is 4.36. The smallest absolute Gasteiger partial charge is 0.134 e. The van der Waals surface area contributed by atoms with Crippen LogP contribution in [0.2, 0.25) is 0 Å². The normalized spacial score (nSPS) is 20.2. The highest BCUT2D eigenvalue weighted by Crippen LogP contribution is 2.68. The van der Waals surface area contributed by atoms with Gasteiger partial charge in [-0.25, -0.2) is 9.97 Å². The fourth-order valence-electron chi connectivity index (χ4n) is 3.09. The molecular formula is C15H26N4. The molecule has 1 aliphatic rings. The Morgan fingerprint density at radius 1 is 1.00 bits per heavy atom. The molecule has 0 spiro atoms. The van der Waals surface area contributed by atoms with Crippen LogP contribution in [0.25, 0.3) is 0 Å². The summed E-state index contributed by atoms with van der Waals surface area (Å²) in [6, 6.07) is 0. The zero-order valence-electron chi connectivity index (χ0n) is 13.2. The SMILES string of the molecule is CNc1nc(C)nc(NCC2C(C)(C)C2(C)C)c1C. The summed E-state index contributed by atoms with van der Waals surface area (Å²) in [6.07, 6.45) is 0. The topological polar surface area (TPSA) is 49.8 Å². The van der Waals surface area contributed by atoms with Crippen LogP contribution in [0.15, 0.2) is 0 Å². The van der Waals surface area contributed by atoms with Crippen molar-refractivity contribution in [1.29, 1.82) is 0 Å². The molecule has 1 heterocycles. The van der Waals surface area contributed by atoms with E-state index in [1.807, 2.05) is 14.0 Å². The van der Waals surface area contributed by atoms with Crippen LogP contribution in [0.4, 0.5) is 11.6 Å². The van der Waals surface area contributed by atoms with Crippen LogP contribution in [-0.2, 0) is 0 Å². The van der Waals surface area contributed by atoms with Gasteiger partial charge in [0, 0.05) is 19.2 Å². The summed E-state index contributed by atoms with van der Waals surface area (Å²) in [5.41, 5.74) is 1.90. The van der Waals surface area contributed by atoms with Gasteiger partial charge in [-0.2, -0.15) is 0 Å². The van der Waals surface area contributed by atoms with Gasteiger partial charge in [0.05, 0.1) is 0 Å². The third-order valence-corrected chi connectivity index (χ3v) is 5.29. The fraction of sp³-hybridized carbons (Fsp3) is 0.733. The summed E-state index contributed by atoms with van der Waals surface area (Å²) in [5, 5.41) is 6.63. The Balaban J connectivity index is 2.11. The first-order valence-electron chi connectivity index (χ1n) is 6.98. The molecule has 1 saturated carbocycles. The molecular weight excluding hydrogens is 236 g/mol. The van der Waals surface area contributed by atoms with E-state index in [1.54, 1.807) is 0 Å². The van der Waals surface area contributed by atoms with Crippen LogP contribution in [0, 0.1) is 30.6 Å². The van der Waals surface area contributed by atoms with E-state index in [2.05, 4.69) is 55.2 Å². The molecule has 106 valence electrons. The van der Waals surface area contributed by atoms with Crippen LogP contribution in [0.5, 0.6) is 0 Å². The van der Waals surface area contributed by atoms with Crippen molar-refractivity contribution in [2.75, 3.05) is 24.2 Å². The van der Waals surface area contributed by atoms with Crippen molar-refractivity contribution in [3.8, 4) is 0 Å². The zero-order valence-corrected chi connectivity index (χ0v) is 13.2. The lowest BCUT2D eigenvalue weighted by Crippen LogP contribution is -2.12. The van der Waals surface area contributed by atoms with Gasteiger partial charge in [0.25, 0.3) is 0 Å². The highest BCUT2D eigenvalue weighted by Gasteiger charge is 2.64. The van der Waals surface area contributed by atoms with E-state index in [9.17, 15) is 0 Å². The van der Waals surface area contributed by atoms with E-state index >= 15 is 0 Å². The predicted octanol–water partition coefficient (Wildman–Crippen LogP) is 3.23. The standard InChI is InChI=1S/C15H26N4/c1-9-12(16-7)18-10(2)19-13(9)17-8-11-14(3,4)15(11,5)6/h11H,8H2,1-7H3,(H2,16,17,18,19). The van der Waals surface area contributed by atoms with E-state index in [1.165, 1.54) is 0 Å². The minimum Gasteiger partial charge on any atom is -0.373 e. The molecule has 1 aromatic rings. The van der Waals surface area contributed by atoms with Gasteiger partial charge in [0.15, 0.2) is 0 Å². The quantitative estimate of drug-likeness (QED) is 0.874. The minimum absolute atomic E-state index is 0.405. The molecule has 0 radical (unpaired) electrons. The average Bonchev–Trinajstić information content (AvgIpc) is 2.70. The Kier molecular flexibility index (Phi) is 3.23. The van der Waals surface area contributed by atoms with Crippen molar-refractivity contribution in [1.82, 2.24) is 9.97 Å². The Bertz CT molecular complexity index is 477. The molecule has 0 bridgehead atoms. The Hall–Kier alpha value is -1.32. The van der Waals surface area contributed by atoms with Crippen LogP contribution in [0.3, 0.4) is 0 Å². The summed E-state index contributed by atoms with van der Waals surface area (Å²) in [5.74, 6) is 3.35. The highest BCUT2D eigenvalue weighted by molar-refractivity contribution is 5.57. The number of hydrogen-bond donors (Lipinski definition) is 2. The Morgan fingerprint density at radius 3 is 2.00 bits per heavy atom. The minimum atomic E-state index is 0.405. The van der Waals surface area contributed by atoms with E-state index in [-0.39, 0.29) is 0 Å². The molecule has 2 rings (SSSR count). The molecule has 4 nitrogen and oxygen atoms in total. The van der Waals surface area contributed by atoms with E-state index in [0.29, 0.717) is 16.7 Å². The number of anilines is 2. The summed E-state index contributed by atoms with van der Waals surface area (Å²) in [7, 11) is 1.89. The third kappa shape index (κ3) is 2.17. The molecule has 1 fully saturated rings. The third-order valence-electron chi connectivity index (χ3n) is 5.29. The highest BCUT2D eigenvalue weighted by atomic mass is 15.1. The van der Waals surface area contributed by atoms with Crippen molar-refractivity contribution in [3.05, 3.63) is 11.4 Å². The number of aryl methyl sites for hydroxylation is 1. The van der Waals surface area contributed by atoms with Crippen molar-refractivity contribution in [3.63, 3.8) is 0 Å². The maximum absolute atomic E-state index is 4.51. The lowest BCUT2D eigenvalue weighted by atomic mass is 10.0. The monoisotopic (exact) mass is 262 g/mol. The van der Waals surface area contributed by atoms with Gasteiger partial charge in [-0.3, -0.25) is 0 Å². The van der Waals surface area contributed by atoms with E-state index < -0.39 is 0 Å². The van der Waals surface area contributed by atoms with Crippen molar-refractivity contribution in [2.45, 2.75) is 41.5 Å². The second-order valence-electron chi connectivity index (χ2n) is 6.72. The summed E-state index contributed by atoms with van der Waals surface area (Å²) in [4.78, 5) is 8.90. The fourth-order valence-corrected chi connectivity index (χ4v) is 3.09. The van der Waals surface area contributed by atoms with Crippen LogP contribution >= 0.6 is 0 Å². The largest absolute Gasteiger partial charge is 0.373 e. The first-order chi connectivity index (χ1) is 8.71. The van der Waals surface area contributed by atoms with E-state index in [4.69, 9.17) is 0 Å². The maximum atomic E-state index is 4.51. The van der Waals surface area contributed by atoms with Gasteiger partial charge >= 0.3 is 0 Å². The molecule has 2 N–H and O–H groups in total. The number of aromatic nitrogens is 2. The predicted molar refractivity (Wildman–Crippen MR) is 80.6 cm³/mol. The van der Waals surface area contributed by atoms with Crippen molar-refractivity contribution in [2.24, 2.45) is 16.7 Å². The molecule has 1 aliphatic carbocycles. The second-order valence-corrected chi connectivity index (χ2v) is 6.72. The first-order valence-corrected chi connectivity index (χ1v) is 6.98. The zero-order chi connectivity index (χ0) is 14.4. The van der Waals surface area contributed by atoms with Crippen molar-refractivity contribution >= 4 is 11.6 Å². The molecule has 0 aromatic carbocycles. The number of rotatable bonds is 4. The lowest BCUT2D eigenvalue weighted by molar-refractivity contribution is 0.457. The van der Waals surface area contributed by atoms with E-state index in [0.717, 1.165) is 29.6 Å². The Morgan fingerprint density at radius 2 is 1.53 bits per heavy atom. The molecule has 0 saturated heterocycles.